The second kappa shape index (κ2) is 9.28. The smallest absolute Gasteiger partial charge is 0.248 e. The van der Waals surface area contributed by atoms with Gasteiger partial charge in [-0.05, 0) is 53.1 Å². The van der Waals surface area contributed by atoms with E-state index in [1.807, 2.05) is 37.3 Å². The zero-order chi connectivity index (χ0) is 24.5. The van der Waals surface area contributed by atoms with Crippen molar-refractivity contribution in [3.63, 3.8) is 0 Å². The lowest BCUT2D eigenvalue weighted by molar-refractivity contribution is -0.111. The highest BCUT2D eigenvalue weighted by molar-refractivity contribution is 6.31. The third kappa shape index (κ3) is 4.38. The van der Waals surface area contributed by atoms with Crippen LogP contribution in [-0.4, -0.2) is 13.0 Å². The summed E-state index contributed by atoms with van der Waals surface area (Å²) in [7, 11) is 1.58. The van der Waals surface area contributed by atoms with Gasteiger partial charge < -0.3 is 14.5 Å². The number of anilines is 1. The van der Waals surface area contributed by atoms with Crippen molar-refractivity contribution in [1.29, 1.82) is 0 Å². The summed E-state index contributed by atoms with van der Waals surface area (Å²) in [5.74, 6) is -0.326. The molecule has 1 aromatic heterocycles. The molecule has 1 heterocycles. The maximum absolute atomic E-state index is 13.4. The van der Waals surface area contributed by atoms with Gasteiger partial charge in [-0.2, -0.15) is 0 Å². The van der Waals surface area contributed by atoms with Gasteiger partial charge in [0.25, 0.3) is 0 Å². The van der Waals surface area contributed by atoms with Gasteiger partial charge in [-0.25, -0.2) is 4.39 Å². The number of fused-ring (bicyclic) bond motifs is 2. The van der Waals surface area contributed by atoms with Gasteiger partial charge >= 0.3 is 0 Å². The van der Waals surface area contributed by atoms with Gasteiger partial charge in [0.05, 0.1) is 18.4 Å². The second-order valence-corrected chi connectivity index (χ2v) is 8.58. The fourth-order valence-electron chi connectivity index (χ4n) is 4.23. The van der Waals surface area contributed by atoms with Crippen molar-refractivity contribution in [3.8, 4) is 16.9 Å². The molecule has 0 atom stereocenters. The maximum atomic E-state index is 13.4. The van der Waals surface area contributed by atoms with Gasteiger partial charge in [-0.3, -0.25) is 4.79 Å². The highest BCUT2D eigenvalue weighted by atomic mass is 35.5. The molecule has 0 unspecified atom stereocenters. The van der Waals surface area contributed by atoms with Gasteiger partial charge in [0.15, 0.2) is 0 Å². The van der Waals surface area contributed by atoms with E-state index in [9.17, 15) is 9.18 Å². The van der Waals surface area contributed by atoms with Crippen molar-refractivity contribution in [2.24, 2.45) is 0 Å². The van der Waals surface area contributed by atoms with Crippen molar-refractivity contribution in [2.75, 3.05) is 12.4 Å². The molecular weight excluding hydrogens is 465 g/mol. The van der Waals surface area contributed by atoms with Crippen molar-refractivity contribution < 1.29 is 18.3 Å². The number of carbonyl (C=O) groups excluding carboxylic acids is 1. The highest BCUT2D eigenvalue weighted by Gasteiger charge is 2.16. The molecule has 0 saturated heterocycles. The predicted octanol–water partition coefficient (Wildman–Crippen LogP) is 8.10. The molecule has 1 amide bonds. The van der Waals surface area contributed by atoms with Crippen LogP contribution in [0.1, 0.15) is 12.5 Å². The number of halogens is 2. The quantitative estimate of drug-likeness (QED) is 0.256. The van der Waals surface area contributed by atoms with Crippen LogP contribution < -0.4 is 10.1 Å². The summed E-state index contributed by atoms with van der Waals surface area (Å²) >= 11 is 5.82. The number of ether oxygens (including phenoxy) is 1. The van der Waals surface area contributed by atoms with Gasteiger partial charge in [-0.15, -0.1) is 0 Å². The Morgan fingerprint density at radius 2 is 1.80 bits per heavy atom. The lowest BCUT2D eigenvalue weighted by Crippen LogP contribution is -2.08. The molecule has 0 fully saturated rings. The number of allylic oxidation sites excluding steroid dienone is 1. The number of nitrogens with one attached hydrogen (secondary N) is 1. The van der Waals surface area contributed by atoms with Crippen molar-refractivity contribution >= 4 is 50.5 Å². The minimum absolute atomic E-state index is 0.0588. The average molecular weight is 486 g/mol. The number of rotatable bonds is 5. The first-order chi connectivity index (χ1) is 16.9. The normalized spacial score (nSPS) is 11.7. The Bertz CT molecular complexity index is 1610. The standard InChI is InChI=1S/C29H21ClFNO3/c1-17(12-29(33)32-19-10-11-26(31)25(30)13-19)22-14-23-24(16-35-28(23)15-27(22)34-2)21-9-5-7-18-6-3-4-8-20(18)21/h3-16H,1-2H3,(H,32,33)/b17-12+. The third-order valence-corrected chi connectivity index (χ3v) is 6.22. The van der Waals surface area contributed by atoms with Gasteiger partial charge in [0.2, 0.25) is 5.91 Å². The van der Waals surface area contributed by atoms with Crippen LogP contribution in [0, 0.1) is 5.82 Å². The topological polar surface area (TPSA) is 51.5 Å². The minimum atomic E-state index is -0.545. The minimum Gasteiger partial charge on any atom is -0.496 e. The molecule has 0 aliphatic heterocycles. The molecule has 174 valence electrons. The Hall–Kier alpha value is -4.09. The largest absolute Gasteiger partial charge is 0.496 e. The molecule has 6 heteroatoms. The first kappa shape index (κ1) is 22.7. The number of hydrogen-bond acceptors (Lipinski definition) is 3. The molecule has 5 rings (SSSR count). The zero-order valence-electron chi connectivity index (χ0n) is 19.1. The van der Waals surface area contributed by atoms with Crippen LogP contribution in [0.2, 0.25) is 5.02 Å². The van der Waals surface area contributed by atoms with Gasteiger partial charge in [0.1, 0.15) is 17.1 Å². The summed E-state index contributed by atoms with van der Waals surface area (Å²) in [4.78, 5) is 12.7. The molecule has 0 radical (unpaired) electrons. The van der Waals surface area contributed by atoms with E-state index >= 15 is 0 Å². The first-order valence-electron chi connectivity index (χ1n) is 11.0. The Morgan fingerprint density at radius 3 is 2.60 bits per heavy atom. The van der Waals surface area contributed by atoms with Gasteiger partial charge in [0, 0.05) is 34.3 Å². The van der Waals surface area contributed by atoms with E-state index in [2.05, 4.69) is 29.6 Å². The van der Waals surface area contributed by atoms with Crippen LogP contribution in [0.5, 0.6) is 5.75 Å². The molecule has 1 N–H and O–H groups in total. The molecule has 0 spiro atoms. The molecule has 0 saturated carbocycles. The van der Waals surface area contributed by atoms with E-state index in [4.69, 9.17) is 20.8 Å². The SMILES string of the molecule is COc1cc2occ(-c3cccc4ccccc34)c2cc1/C(C)=C/C(=O)Nc1ccc(F)c(Cl)c1. The molecule has 4 aromatic carbocycles. The number of furan rings is 1. The Morgan fingerprint density at radius 1 is 1.00 bits per heavy atom. The number of methoxy groups -OCH3 is 1. The summed E-state index contributed by atoms with van der Waals surface area (Å²) < 4.78 is 24.9. The third-order valence-electron chi connectivity index (χ3n) is 5.93. The van der Waals surface area contributed by atoms with E-state index in [-0.39, 0.29) is 10.9 Å². The number of benzene rings is 4. The van der Waals surface area contributed by atoms with Crippen molar-refractivity contribution in [1.82, 2.24) is 0 Å². The molecule has 5 aromatic rings. The summed E-state index contributed by atoms with van der Waals surface area (Å²) in [6.07, 6.45) is 3.22. The fourth-order valence-corrected chi connectivity index (χ4v) is 4.41. The predicted molar refractivity (Wildman–Crippen MR) is 139 cm³/mol. The molecule has 0 bridgehead atoms. The van der Waals surface area contributed by atoms with Crippen molar-refractivity contribution in [2.45, 2.75) is 6.92 Å². The second-order valence-electron chi connectivity index (χ2n) is 8.17. The fraction of sp³-hybridized carbons (Fsp3) is 0.0690. The van der Waals surface area contributed by atoms with Gasteiger partial charge in [-0.1, -0.05) is 54.1 Å². The van der Waals surface area contributed by atoms with E-state index < -0.39 is 5.82 Å². The van der Waals surface area contributed by atoms with Crippen molar-refractivity contribution in [3.05, 3.63) is 102 Å². The lowest BCUT2D eigenvalue weighted by Gasteiger charge is -2.11. The van der Waals surface area contributed by atoms with Crippen LogP contribution in [0.15, 0.2) is 89.6 Å². The van der Waals surface area contributed by atoms with E-state index in [1.165, 1.54) is 24.3 Å². The molecule has 35 heavy (non-hydrogen) atoms. The monoisotopic (exact) mass is 485 g/mol. The Kier molecular flexibility index (Phi) is 6.01. The van der Waals surface area contributed by atoms with E-state index in [0.29, 0.717) is 22.6 Å². The summed E-state index contributed by atoms with van der Waals surface area (Å²) in [5, 5.41) is 5.83. The van der Waals surface area contributed by atoms with Crippen LogP contribution in [-0.2, 0) is 4.79 Å². The Labute approximate surface area is 206 Å². The summed E-state index contributed by atoms with van der Waals surface area (Å²) in [6, 6.07) is 22.2. The number of carbonyl (C=O) groups is 1. The number of hydrogen-bond donors (Lipinski definition) is 1. The Balaban J connectivity index is 1.55. The van der Waals surface area contributed by atoms with E-state index in [1.54, 1.807) is 13.4 Å². The molecular formula is C29H21ClFNO3. The molecule has 4 nitrogen and oxygen atoms in total. The maximum Gasteiger partial charge on any atom is 0.248 e. The molecule has 0 aliphatic carbocycles. The zero-order valence-corrected chi connectivity index (χ0v) is 19.8. The molecule has 0 aliphatic rings. The van der Waals surface area contributed by atoms with E-state index in [0.717, 1.165) is 32.8 Å². The number of amides is 1. The van der Waals surface area contributed by atoms with Crippen LogP contribution in [0.25, 0.3) is 38.4 Å². The summed E-state index contributed by atoms with van der Waals surface area (Å²) in [6.45, 7) is 1.83. The first-order valence-corrected chi connectivity index (χ1v) is 11.3. The van der Waals surface area contributed by atoms with Crippen LogP contribution >= 0.6 is 11.6 Å². The highest BCUT2D eigenvalue weighted by Crippen LogP contribution is 2.39. The van der Waals surface area contributed by atoms with Crippen LogP contribution in [0.4, 0.5) is 10.1 Å². The summed E-state index contributed by atoms with van der Waals surface area (Å²) in [5.41, 5.74) is 4.56. The van der Waals surface area contributed by atoms with Crippen LogP contribution in [0.3, 0.4) is 0 Å². The lowest BCUT2D eigenvalue weighted by atomic mass is 9.96. The average Bonchev–Trinajstić information content (AvgIpc) is 3.27.